The molecule has 4 heteroatoms. The van der Waals surface area contributed by atoms with E-state index < -0.39 is 0 Å². The molecule has 0 heterocycles. The Balaban J connectivity index is 0.00000256. The normalized spacial score (nSPS) is 26.2. The molecule has 102 valence electrons. The lowest BCUT2D eigenvalue weighted by Crippen LogP contribution is -2.45. The van der Waals surface area contributed by atoms with Gasteiger partial charge in [0.05, 0.1) is 0 Å². The maximum atomic E-state index is 5.86. The third kappa shape index (κ3) is 7.11. The summed E-state index contributed by atoms with van der Waals surface area (Å²) in [5.41, 5.74) is 5.87. The molecule has 0 aliphatic heterocycles. The van der Waals surface area contributed by atoms with Crippen LogP contribution in [0.25, 0.3) is 0 Å². The van der Waals surface area contributed by atoms with Crippen LogP contribution in [0.1, 0.15) is 53.4 Å². The van der Waals surface area contributed by atoms with Crippen molar-refractivity contribution in [2.24, 2.45) is 22.6 Å². The highest BCUT2D eigenvalue weighted by atomic mass is 127. The van der Waals surface area contributed by atoms with Crippen LogP contribution in [0.15, 0.2) is 4.99 Å². The Morgan fingerprint density at radius 2 is 1.88 bits per heavy atom. The van der Waals surface area contributed by atoms with Crippen molar-refractivity contribution in [3.63, 3.8) is 0 Å². The van der Waals surface area contributed by atoms with Gasteiger partial charge in [0.2, 0.25) is 0 Å². The Kier molecular flexibility index (Phi) is 7.44. The third-order valence-electron chi connectivity index (χ3n) is 3.29. The molecule has 0 radical (unpaired) electrons. The van der Waals surface area contributed by atoms with Crippen LogP contribution in [0.3, 0.4) is 0 Å². The highest BCUT2D eigenvalue weighted by Crippen LogP contribution is 2.29. The van der Waals surface area contributed by atoms with Crippen LogP contribution in [0, 0.1) is 11.8 Å². The number of nitrogens with two attached hydrogens (primary N) is 1. The second kappa shape index (κ2) is 7.44. The maximum Gasteiger partial charge on any atom is 0.188 e. The molecule has 0 aromatic carbocycles. The Bertz CT molecular complexity index is 246. The molecule has 2 unspecified atom stereocenters. The van der Waals surface area contributed by atoms with Gasteiger partial charge in [0.1, 0.15) is 0 Å². The van der Waals surface area contributed by atoms with Crippen molar-refractivity contribution in [1.82, 2.24) is 5.32 Å². The molecule has 3 nitrogen and oxygen atoms in total. The summed E-state index contributed by atoms with van der Waals surface area (Å²) in [5, 5.41) is 3.20. The van der Waals surface area contributed by atoms with Crippen LogP contribution in [-0.4, -0.2) is 18.0 Å². The topological polar surface area (TPSA) is 50.4 Å². The van der Waals surface area contributed by atoms with Crippen molar-refractivity contribution in [3.8, 4) is 0 Å². The zero-order valence-electron chi connectivity index (χ0n) is 11.6. The fourth-order valence-corrected chi connectivity index (χ4v) is 2.30. The molecule has 0 aromatic rings. The number of rotatable bonds is 2. The second-order valence-corrected chi connectivity index (χ2v) is 6.12. The molecule has 2 atom stereocenters. The van der Waals surface area contributed by atoms with E-state index in [2.05, 4.69) is 38.0 Å². The summed E-state index contributed by atoms with van der Waals surface area (Å²) >= 11 is 0. The molecule has 1 saturated carbocycles. The summed E-state index contributed by atoms with van der Waals surface area (Å²) in [6.07, 6.45) is 5.41. The zero-order chi connectivity index (χ0) is 12.2. The zero-order valence-corrected chi connectivity index (χ0v) is 14.0. The number of aliphatic imine (C=N–C) groups is 1. The van der Waals surface area contributed by atoms with Gasteiger partial charge in [0, 0.05) is 12.1 Å². The van der Waals surface area contributed by atoms with Gasteiger partial charge in [-0.15, -0.1) is 24.0 Å². The summed E-state index contributed by atoms with van der Waals surface area (Å²) < 4.78 is 0. The van der Waals surface area contributed by atoms with E-state index in [1.165, 1.54) is 25.7 Å². The summed E-state index contributed by atoms with van der Waals surface area (Å²) in [6, 6.07) is 0. The van der Waals surface area contributed by atoms with Crippen LogP contribution >= 0.6 is 24.0 Å². The number of guanidine groups is 1. The van der Waals surface area contributed by atoms with Crippen molar-refractivity contribution in [1.29, 1.82) is 0 Å². The maximum absolute atomic E-state index is 5.86. The summed E-state index contributed by atoms with van der Waals surface area (Å²) in [7, 11) is 0. The highest BCUT2D eigenvalue weighted by Gasteiger charge is 2.21. The van der Waals surface area contributed by atoms with Crippen LogP contribution in [0.2, 0.25) is 0 Å². The molecule has 0 spiro atoms. The van der Waals surface area contributed by atoms with Gasteiger partial charge in [-0.05, 0) is 39.0 Å². The van der Waals surface area contributed by atoms with Gasteiger partial charge in [-0.3, -0.25) is 4.99 Å². The van der Waals surface area contributed by atoms with Gasteiger partial charge in [-0.1, -0.05) is 26.2 Å². The first-order valence-corrected chi connectivity index (χ1v) is 6.46. The van der Waals surface area contributed by atoms with Gasteiger partial charge >= 0.3 is 0 Å². The molecule has 1 aliphatic carbocycles. The summed E-state index contributed by atoms with van der Waals surface area (Å²) in [4.78, 5) is 4.47. The fourth-order valence-electron chi connectivity index (χ4n) is 2.30. The van der Waals surface area contributed by atoms with E-state index in [-0.39, 0.29) is 29.5 Å². The van der Waals surface area contributed by atoms with Crippen LogP contribution in [-0.2, 0) is 0 Å². The number of hydrogen-bond donors (Lipinski definition) is 2. The van der Waals surface area contributed by atoms with E-state index in [1.807, 2.05) is 0 Å². The Labute approximate surface area is 123 Å². The molecule has 0 bridgehead atoms. The molecule has 1 rings (SSSR count). The smallest absolute Gasteiger partial charge is 0.188 e. The minimum absolute atomic E-state index is 0. The average molecular weight is 353 g/mol. The van der Waals surface area contributed by atoms with E-state index in [0.717, 1.165) is 18.4 Å². The molecular formula is C13H28IN3. The first-order chi connectivity index (χ1) is 7.38. The van der Waals surface area contributed by atoms with E-state index >= 15 is 0 Å². The highest BCUT2D eigenvalue weighted by molar-refractivity contribution is 14.0. The Morgan fingerprint density at radius 1 is 1.29 bits per heavy atom. The standard InChI is InChI=1S/C13H27N3.HI/c1-10-7-5-6-8-11(10)9-15-12(14)16-13(2,3)4;/h10-11H,5-9H2,1-4H3,(H3,14,15,16);1H. The van der Waals surface area contributed by atoms with Gasteiger partial charge in [0.25, 0.3) is 0 Å². The molecule has 3 N–H and O–H groups in total. The van der Waals surface area contributed by atoms with Crippen LogP contribution < -0.4 is 11.1 Å². The molecule has 1 aliphatic rings. The molecular weight excluding hydrogens is 325 g/mol. The second-order valence-electron chi connectivity index (χ2n) is 6.12. The lowest BCUT2D eigenvalue weighted by molar-refractivity contribution is 0.263. The number of hydrogen-bond acceptors (Lipinski definition) is 1. The van der Waals surface area contributed by atoms with Gasteiger partial charge in [0.15, 0.2) is 5.96 Å². The minimum Gasteiger partial charge on any atom is -0.370 e. The largest absolute Gasteiger partial charge is 0.370 e. The van der Waals surface area contributed by atoms with Crippen LogP contribution in [0.5, 0.6) is 0 Å². The minimum atomic E-state index is 0. The molecule has 1 fully saturated rings. The lowest BCUT2D eigenvalue weighted by atomic mass is 9.80. The van der Waals surface area contributed by atoms with Crippen molar-refractivity contribution < 1.29 is 0 Å². The van der Waals surface area contributed by atoms with Gasteiger partial charge in [-0.2, -0.15) is 0 Å². The third-order valence-corrected chi connectivity index (χ3v) is 3.29. The number of nitrogens with one attached hydrogen (secondary N) is 1. The molecule has 0 aromatic heterocycles. The quantitative estimate of drug-likeness (QED) is 0.455. The van der Waals surface area contributed by atoms with E-state index in [1.54, 1.807) is 0 Å². The predicted octanol–water partition coefficient (Wildman–Crippen LogP) is 3.13. The van der Waals surface area contributed by atoms with Crippen LogP contribution in [0.4, 0.5) is 0 Å². The van der Waals surface area contributed by atoms with Gasteiger partial charge < -0.3 is 11.1 Å². The van der Waals surface area contributed by atoms with Crippen molar-refractivity contribution in [3.05, 3.63) is 0 Å². The predicted molar refractivity (Wildman–Crippen MR) is 85.9 cm³/mol. The first kappa shape index (κ1) is 17.0. The van der Waals surface area contributed by atoms with Crippen molar-refractivity contribution >= 4 is 29.9 Å². The van der Waals surface area contributed by atoms with E-state index in [0.29, 0.717) is 5.96 Å². The van der Waals surface area contributed by atoms with Crippen molar-refractivity contribution in [2.45, 2.75) is 58.9 Å². The SMILES string of the molecule is CC1CCCCC1CN=C(N)NC(C)(C)C.I. The van der Waals surface area contributed by atoms with E-state index in [9.17, 15) is 0 Å². The molecule has 0 saturated heterocycles. The van der Waals surface area contributed by atoms with E-state index in [4.69, 9.17) is 5.73 Å². The number of halogens is 1. The molecule has 17 heavy (non-hydrogen) atoms. The fraction of sp³-hybridized carbons (Fsp3) is 0.923. The first-order valence-electron chi connectivity index (χ1n) is 6.46. The van der Waals surface area contributed by atoms with Gasteiger partial charge in [-0.25, -0.2) is 0 Å². The molecule has 0 amide bonds. The number of nitrogens with zero attached hydrogens (tertiary/aromatic N) is 1. The summed E-state index contributed by atoms with van der Waals surface area (Å²) in [5.74, 6) is 2.12. The average Bonchev–Trinajstić information content (AvgIpc) is 2.14. The van der Waals surface area contributed by atoms with Crippen molar-refractivity contribution in [2.75, 3.05) is 6.54 Å². The summed E-state index contributed by atoms with van der Waals surface area (Å²) in [6.45, 7) is 9.51. The lowest BCUT2D eigenvalue weighted by Gasteiger charge is -2.28. The Morgan fingerprint density at radius 3 is 2.41 bits per heavy atom. The Hall–Kier alpha value is 0. The monoisotopic (exact) mass is 353 g/mol.